The quantitative estimate of drug-likeness (QED) is 0.656. The van der Waals surface area contributed by atoms with Gasteiger partial charge >= 0.3 is 0 Å². The summed E-state index contributed by atoms with van der Waals surface area (Å²) in [7, 11) is 0. The molecule has 27 heavy (non-hydrogen) atoms. The van der Waals surface area contributed by atoms with Crippen LogP contribution < -0.4 is 5.32 Å². The number of fused-ring (bicyclic) bond motifs is 1. The largest absolute Gasteiger partial charge is 0.355 e. The Bertz CT molecular complexity index is 841. The fraction of sp³-hybridized carbons (Fsp3) is 0.381. The van der Waals surface area contributed by atoms with Gasteiger partial charge in [0.1, 0.15) is 12.4 Å². The van der Waals surface area contributed by atoms with Crippen molar-refractivity contribution in [3.63, 3.8) is 0 Å². The highest BCUT2D eigenvalue weighted by Gasteiger charge is 2.29. The second-order valence-corrected chi connectivity index (χ2v) is 6.79. The first-order chi connectivity index (χ1) is 13.1. The summed E-state index contributed by atoms with van der Waals surface area (Å²) in [5.74, 6) is 1.10. The number of amides is 2. The Labute approximate surface area is 159 Å². The van der Waals surface area contributed by atoms with Gasteiger partial charge in [0.2, 0.25) is 11.8 Å². The summed E-state index contributed by atoms with van der Waals surface area (Å²) in [5, 5.41) is 2.97. The molecule has 2 amide bonds. The molecular formula is C21H26N4O2. The van der Waals surface area contributed by atoms with Gasteiger partial charge in [-0.15, -0.1) is 13.2 Å². The number of carbonyl (C=O) groups excluding carboxylic acids is 2. The van der Waals surface area contributed by atoms with Crippen LogP contribution in [0.3, 0.4) is 0 Å². The molecule has 142 valence electrons. The van der Waals surface area contributed by atoms with E-state index in [0.717, 1.165) is 29.7 Å². The summed E-state index contributed by atoms with van der Waals surface area (Å²) in [5.41, 5.74) is 1.78. The maximum atomic E-state index is 12.8. The monoisotopic (exact) mass is 366 g/mol. The third kappa shape index (κ3) is 4.64. The summed E-state index contributed by atoms with van der Waals surface area (Å²) in [4.78, 5) is 31.0. The zero-order valence-electron chi connectivity index (χ0n) is 15.6. The summed E-state index contributed by atoms with van der Waals surface area (Å²) in [6, 6.07) is 7.78. The maximum absolute atomic E-state index is 12.8. The molecule has 1 aromatic carbocycles. The molecule has 0 spiro atoms. The molecule has 0 atom stereocenters. The third-order valence-corrected chi connectivity index (χ3v) is 4.67. The van der Waals surface area contributed by atoms with E-state index in [1.54, 1.807) is 17.1 Å². The average molecular weight is 366 g/mol. The highest BCUT2D eigenvalue weighted by atomic mass is 16.2. The van der Waals surface area contributed by atoms with Crippen LogP contribution in [0.5, 0.6) is 0 Å². The third-order valence-electron chi connectivity index (χ3n) is 4.67. The van der Waals surface area contributed by atoms with E-state index in [0.29, 0.717) is 26.1 Å². The van der Waals surface area contributed by atoms with Crippen LogP contribution in [0, 0.1) is 5.92 Å². The Hall–Kier alpha value is -2.89. The summed E-state index contributed by atoms with van der Waals surface area (Å²) >= 11 is 0. The number of rotatable bonds is 10. The number of para-hydroxylation sites is 2. The van der Waals surface area contributed by atoms with Crippen molar-refractivity contribution in [1.29, 1.82) is 0 Å². The molecule has 1 aliphatic rings. The lowest BCUT2D eigenvalue weighted by atomic mass is 10.3. The molecule has 6 nitrogen and oxygen atoms in total. The molecule has 0 unspecified atom stereocenters. The van der Waals surface area contributed by atoms with Crippen molar-refractivity contribution in [2.75, 3.05) is 19.6 Å². The van der Waals surface area contributed by atoms with Crippen molar-refractivity contribution < 1.29 is 9.59 Å². The van der Waals surface area contributed by atoms with Gasteiger partial charge in [0, 0.05) is 32.0 Å². The number of imidazole rings is 1. The average Bonchev–Trinajstić information content (AvgIpc) is 3.46. The van der Waals surface area contributed by atoms with E-state index in [1.165, 1.54) is 0 Å². The van der Waals surface area contributed by atoms with Gasteiger partial charge in [0.15, 0.2) is 0 Å². The van der Waals surface area contributed by atoms with Gasteiger partial charge in [-0.3, -0.25) is 9.59 Å². The van der Waals surface area contributed by atoms with Gasteiger partial charge in [-0.05, 0) is 25.0 Å². The number of nitrogens with one attached hydrogen (secondary N) is 1. The van der Waals surface area contributed by atoms with Crippen LogP contribution in [0.2, 0.25) is 0 Å². The van der Waals surface area contributed by atoms with E-state index in [-0.39, 0.29) is 24.3 Å². The molecule has 1 fully saturated rings. The lowest BCUT2D eigenvalue weighted by Gasteiger charge is -2.20. The van der Waals surface area contributed by atoms with E-state index in [4.69, 9.17) is 0 Å². The van der Waals surface area contributed by atoms with Crippen molar-refractivity contribution >= 4 is 22.8 Å². The molecule has 0 bridgehead atoms. The second kappa shape index (κ2) is 8.66. The molecule has 1 heterocycles. The number of hydrogen-bond donors (Lipinski definition) is 1. The molecule has 2 aromatic rings. The Morgan fingerprint density at radius 3 is 2.59 bits per heavy atom. The minimum atomic E-state index is -0.0128. The van der Waals surface area contributed by atoms with Crippen LogP contribution in [-0.2, 0) is 22.6 Å². The molecule has 0 saturated heterocycles. The standard InChI is InChI=1S/C21H26N4O2/c1-3-13-24(14-4-2)20(26)15-25-18-8-6-5-7-17(18)23-19(25)11-12-22-21(27)16-9-10-16/h3-8,16H,1-2,9-15H2,(H,22,27). The van der Waals surface area contributed by atoms with Gasteiger partial charge in [-0.1, -0.05) is 24.3 Å². The van der Waals surface area contributed by atoms with Crippen LogP contribution in [0.1, 0.15) is 18.7 Å². The van der Waals surface area contributed by atoms with Crippen molar-refractivity contribution in [2.45, 2.75) is 25.8 Å². The SMILES string of the molecule is C=CCN(CC=C)C(=O)Cn1c(CCNC(=O)C2CC2)nc2ccccc21. The van der Waals surface area contributed by atoms with Crippen LogP contribution in [-0.4, -0.2) is 45.9 Å². The molecule has 1 N–H and O–H groups in total. The predicted octanol–water partition coefficient (Wildman–Crippen LogP) is 2.31. The number of aromatic nitrogens is 2. The lowest BCUT2D eigenvalue weighted by Crippen LogP contribution is -2.34. The Morgan fingerprint density at radius 2 is 1.93 bits per heavy atom. The molecule has 1 aliphatic carbocycles. The summed E-state index contributed by atoms with van der Waals surface area (Å²) in [6.45, 7) is 9.12. The first-order valence-corrected chi connectivity index (χ1v) is 9.35. The van der Waals surface area contributed by atoms with Crippen molar-refractivity contribution in [3.05, 3.63) is 55.4 Å². The van der Waals surface area contributed by atoms with Gasteiger partial charge in [0.05, 0.1) is 11.0 Å². The summed E-state index contributed by atoms with van der Waals surface area (Å²) < 4.78 is 1.94. The van der Waals surface area contributed by atoms with Crippen LogP contribution in [0.25, 0.3) is 11.0 Å². The van der Waals surface area contributed by atoms with Gasteiger partial charge in [-0.2, -0.15) is 0 Å². The topological polar surface area (TPSA) is 67.2 Å². The molecule has 6 heteroatoms. The number of carbonyl (C=O) groups is 2. The van der Waals surface area contributed by atoms with E-state index >= 15 is 0 Å². The maximum Gasteiger partial charge on any atom is 0.243 e. The van der Waals surface area contributed by atoms with Gasteiger partial charge < -0.3 is 14.8 Å². The van der Waals surface area contributed by atoms with Gasteiger partial charge in [-0.25, -0.2) is 4.98 Å². The van der Waals surface area contributed by atoms with E-state index in [9.17, 15) is 9.59 Å². The Kier molecular flexibility index (Phi) is 6.06. The molecule has 1 aromatic heterocycles. The molecular weight excluding hydrogens is 340 g/mol. The number of nitrogens with zero attached hydrogens (tertiary/aromatic N) is 3. The molecule has 3 rings (SSSR count). The zero-order valence-corrected chi connectivity index (χ0v) is 15.6. The lowest BCUT2D eigenvalue weighted by molar-refractivity contribution is -0.130. The van der Waals surface area contributed by atoms with E-state index in [1.807, 2.05) is 28.8 Å². The highest BCUT2D eigenvalue weighted by molar-refractivity contribution is 5.82. The molecule has 1 saturated carbocycles. The van der Waals surface area contributed by atoms with Crippen LogP contribution in [0.15, 0.2) is 49.6 Å². The number of hydrogen-bond acceptors (Lipinski definition) is 3. The van der Waals surface area contributed by atoms with Crippen LogP contribution in [0.4, 0.5) is 0 Å². The first-order valence-electron chi connectivity index (χ1n) is 9.35. The van der Waals surface area contributed by atoms with Crippen molar-refractivity contribution in [1.82, 2.24) is 19.8 Å². The predicted molar refractivity (Wildman–Crippen MR) is 106 cm³/mol. The van der Waals surface area contributed by atoms with Gasteiger partial charge in [0.25, 0.3) is 0 Å². The zero-order chi connectivity index (χ0) is 19.2. The smallest absolute Gasteiger partial charge is 0.243 e. The highest BCUT2D eigenvalue weighted by Crippen LogP contribution is 2.28. The minimum Gasteiger partial charge on any atom is -0.355 e. The fourth-order valence-corrected chi connectivity index (χ4v) is 3.11. The van der Waals surface area contributed by atoms with Crippen LogP contribution >= 0.6 is 0 Å². The molecule has 0 aliphatic heterocycles. The summed E-state index contributed by atoms with van der Waals surface area (Å²) in [6.07, 6.45) is 5.98. The van der Waals surface area contributed by atoms with Crippen molar-refractivity contribution in [3.8, 4) is 0 Å². The van der Waals surface area contributed by atoms with E-state index < -0.39 is 0 Å². The number of benzene rings is 1. The minimum absolute atomic E-state index is 0.0128. The fourth-order valence-electron chi connectivity index (χ4n) is 3.11. The Morgan fingerprint density at radius 1 is 1.22 bits per heavy atom. The van der Waals surface area contributed by atoms with Crippen molar-refractivity contribution in [2.24, 2.45) is 5.92 Å². The second-order valence-electron chi connectivity index (χ2n) is 6.79. The Balaban J connectivity index is 1.76. The van der Waals surface area contributed by atoms with E-state index in [2.05, 4.69) is 23.5 Å². The molecule has 0 radical (unpaired) electrons. The normalized spacial score (nSPS) is 13.3. The first kappa shape index (κ1) is 18.9.